The van der Waals surface area contributed by atoms with Crippen LogP contribution in [0.5, 0.6) is 0 Å². The molecule has 28 heavy (non-hydrogen) atoms. The standard InChI is InChI=1S/C21H30N4O2S/c1-13(2)17-8-6-15(4)11-19(17)27-20(26)12-28-21-22-23-24-25(21)18-9-7-14(3)10-16(18)5/h7,9-10,13,15,17,19H,6,8,11-12H2,1-5H3/t15-,17+,19+/m0/s1. The average Bonchev–Trinajstić information content (AvgIpc) is 3.08. The van der Waals surface area contributed by atoms with Crippen molar-refractivity contribution in [1.82, 2.24) is 20.2 Å². The lowest BCUT2D eigenvalue weighted by Gasteiger charge is -2.36. The van der Waals surface area contributed by atoms with Gasteiger partial charge in [0.25, 0.3) is 0 Å². The normalized spacial score (nSPS) is 22.4. The van der Waals surface area contributed by atoms with Crippen LogP contribution in [0, 0.1) is 31.6 Å². The second-order valence-corrected chi connectivity index (χ2v) is 9.25. The molecule has 2 aromatic rings. The van der Waals surface area contributed by atoms with Gasteiger partial charge in [0.05, 0.1) is 11.4 Å². The summed E-state index contributed by atoms with van der Waals surface area (Å²) in [6, 6.07) is 6.12. The minimum atomic E-state index is -0.190. The first kappa shape index (κ1) is 20.8. The Balaban J connectivity index is 1.63. The Morgan fingerprint density at radius 2 is 2.11 bits per heavy atom. The molecule has 152 valence electrons. The molecular formula is C21H30N4O2S. The van der Waals surface area contributed by atoms with E-state index in [-0.39, 0.29) is 17.8 Å². The Morgan fingerprint density at radius 1 is 1.32 bits per heavy atom. The number of benzene rings is 1. The number of thioether (sulfide) groups is 1. The quantitative estimate of drug-likeness (QED) is 0.528. The summed E-state index contributed by atoms with van der Waals surface area (Å²) in [6.45, 7) is 10.8. The number of hydrogen-bond acceptors (Lipinski definition) is 6. The summed E-state index contributed by atoms with van der Waals surface area (Å²) in [6.07, 6.45) is 3.33. The summed E-state index contributed by atoms with van der Waals surface area (Å²) in [5, 5.41) is 12.6. The lowest BCUT2D eigenvalue weighted by molar-refractivity contribution is -0.152. The Hall–Kier alpha value is -1.89. The molecule has 1 fully saturated rings. The van der Waals surface area contributed by atoms with Crippen molar-refractivity contribution in [2.75, 3.05) is 5.75 Å². The zero-order valence-corrected chi connectivity index (χ0v) is 18.2. The lowest BCUT2D eigenvalue weighted by Crippen LogP contribution is -2.36. The second kappa shape index (κ2) is 9.07. The highest BCUT2D eigenvalue weighted by atomic mass is 32.2. The third kappa shape index (κ3) is 4.93. The highest BCUT2D eigenvalue weighted by Gasteiger charge is 2.33. The average molecular weight is 403 g/mol. The van der Waals surface area contributed by atoms with E-state index in [0.29, 0.717) is 22.9 Å². The third-order valence-corrected chi connectivity index (χ3v) is 6.48. The predicted molar refractivity (Wildman–Crippen MR) is 111 cm³/mol. The van der Waals surface area contributed by atoms with E-state index in [1.54, 1.807) is 4.68 Å². The van der Waals surface area contributed by atoms with Gasteiger partial charge in [-0.1, -0.05) is 56.7 Å². The summed E-state index contributed by atoms with van der Waals surface area (Å²) in [5.41, 5.74) is 3.20. The molecule has 3 rings (SSSR count). The number of hydrogen-bond donors (Lipinski definition) is 0. The Morgan fingerprint density at radius 3 is 2.82 bits per heavy atom. The third-order valence-electron chi connectivity index (χ3n) is 5.58. The number of nitrogens with zero attached hydrogens (tertiary/aromatic N) is 4. The van der Waals surface area contributed by atoms with E-state index < -0.39 is 0 Å². The summed E-state index contributed by atoms with van der Waals surface area (Å²) < 4.78 is 7.57. The van der Waals surface area contributed by atoms with Crippen molar-refractivity contribution in [2.24, 2.45) is 17.8 Å². The number of aryl methyl sites for hydroxylation is 2. The van der Waals surface area contributed by atoms with Gasteiger partial charge in [-0.2, -0.15) is 4.68 Å². The van der Waals surface area contributed by atoms with E-state index in [0.717, 1.165) is 24.1 Å². The van der Waals surface area contributed by atoms with Gasteiger partial charge >= 0.3 is 5.97 Å². The van der Waals surface area contributed by atoms with Gasteiger partial charge in [-0.25, -0.2) is 0 Å². The van der Waals surface area contributed by atoms with Gasteiger partial charge in [0, 0.05) is 0 Å². The number of carbonyl (C=O) groups excluding carboxylic acids is 1. The van der Waals surface area contributed by atoms with Crippen LogP contribution in [0.25, 0.3) is 5.69 Å². The van der Waals surface area contributed by atoms with Crippen LogP contribution in [0.4, 0.5) is 0 Å². The molecule has 1 heterocycles. The molecular weight excluding hydrogens is 372 g/mol. The van der Waals surface area contributed by atoms with Crippen LogP contribution in [0.3, 0.4) is 0 Å². The van der Waals surface area contributed by atoms with Crippen molar-refractivity contribution in [3.05, 3.63) is 29.3 Å². The van der Waals surface area contributed by atoms with E-state index in [2.05, 4.69) is 49.3 Å². The fourth-order valence-electron chi connectivity index (χ4n) is 4.04. The molecule has 1 aromatic heterocycles. The van der Waals surface area contributed by atoms with Crippen molar-refractivity contribution < 1.29 is 9.53 Å². The van der Waals surface area contributed by atoms with Crippen LogP contribution >= 0.6 is 11.8 Å². The lowest BCUT2D eigenvalue weighted by atomic mass is 9.75. The number of aromatic nitrogens is 4. The van der Waals surface area contributed by atoms with Gasteiger partial charge in [-0.05, 0) is 66.5 Å². The van der Waals surface area contributed by atoms with Crippen molar-refractivity contribution in [1.29, 1.82) is 0 Å². The van der Waals surface area contributed by atoms with Crippen molar-refractivity contribution >= 4 is 17.7 Å². The van der Waals surface area contributed by atoms with Crippen LogP contribution in [0.2, 0.25) is 0 Å². The number of carbonyl (C=O) groups is 1. The van der Waals surface area contributed by atoms with Crippen LogP contribution < -0.4 is 0 Å². The van der Waals surface area contributed by atoms with Gasteiger partial charge in [-0.15, -0.1) is 5.10 Å². The monoisotopic (exact) mass is 402 g/mol. The van der Waals surface area contributed by atoms with Gasteiger partial charge < -0.3 is 4.74 Å². The molecule has 0 unspecified atom stereocenters. The molecule has 0 spiro atoms. The van der Waals surface area contributed by atoms with E-state index in [4.69, 9.17) is 4.74 Å². The molecule has 0 aliphatic heterocycles. The molecule has 0 radical (unpaired) electrons. The van der Waals surface area contributed by atoms with Crippen molar-refractivity contribution in [3.63, 3.8) is 0 Å². The van der Waals surface area contributed by atoms with Gasteiger partial charge in [0.1, 0.15) is 6.10 Å². The number of esters is 1. The van der Waals surface area contributed by atoms with Crippen molar-refractivity contribution in [2.45, 2.75) is 65.1 Å². The Bertz CT molecular complexity index is 820. The van der Waals surface area contributed by atoms with E-state index >= 15 is 0 Å². The summed E-state index contributed by atoms with van der Waals surface area (Å²) >= 11 is 1.32. The first-order valence-corrected chi connectivity index (χ1v) is 11.0. The first-order valence-electron chi connectivity index (χ1n) is 10.0. The summed E-state index contributed by atoms with van der Waals surface area (Å²) in [7, 11) is 0. The highest BCUT2D eigenvalue weighted by molar-refractivity contribution is 7.99. The maximum absolute atomic E-state index is 12.5. The summed E-state index contributed by atoms with van der Waals surface area (Å²) in [5.74, 6) is 1.60. The molecule has 6 nitrogen and oxygen atoms in total. The zero-order valence-electron chi connectivity index (χ0n) is 17.4. The smallest absolute Gasteiger partial charge is 0.316 e. The van der Waals surface area contributed by atoms with Crippen LogP contribution in [0.15, 0.2) is 23.4 Å². The predicted octanol–water partition coefficient (Wildman–Crippen LogP) is 4.38. The Labute approximate surface area is 171 Å². The van der Waals surface area contributed by atoms with Crippen LogP contribution in [0.1, 0.15) is 51.2 Å². The van der Waals surface area contributed by atoms with Crippen LogP contribution in [-0.2, 0) is 9.53 Å². The van der Waals surface area contributed by atoms with E-state index in [1.807, 2.05) is 19.1 Å². The number of tetrazole rings is 1. The molecule has 0 bridgehead atoms. The topological polar surface area (TPSA) is 69.9 Å². The fraction of sp³-hybridized carbons (Fsp3) is 0.619. The maximum Gasteiger partial charge on any atom is 0.316 e. The Kier molecular flexibility index (Phi) is 6.75. The maximum atomic E-state index is 12.5. The first-order chi connectivity index (χ1) is 13.3. The van der Waals surface area contributed by atoms with Crippen molar-refractivity contribution in [3.8, 4) is 5.69 Å². The van der Waals surface area contributed by atoms with E-state index in [9.17, 15) is 4.79 Å². The van der Waals surface area contributed by atoms with Gasteiger partial charge in [0.15, 0.2) is 0 Å². The molecule has 3 atom stereocenters. The molecule has 1 aliphatic rings. The molecule has 7 heteroatoms. The summed E-state index contributed by atoms with van der Waals surface area (Å²) in [4.78, 5) is 12.5. The van der Waals surface area contributed by atoms with Gasteiger partial charge in [0.2, 0.25) is 5.16 Å². The molecule has 1 saturated carbocycles. The SMILES string of the molecule is Cc1ccc(-n2nnnc2SCC(=O)O[C@@H]2C[C@@H](C)CC[C@@H]2C(C)C)c(C)c1. The van der Waals surface area contributed by atoms with E-state index in [1.165, 1.54) is 23.7 Å². The van der Waals surface area contributed by atoms with Gasteiger partial charge in [-0.3, -0.25) is 4.79 Å². The highest BCUT2D eigenvalue weighted by Crippen LogP contribution is 2.35. The molecule has 0 N–H and O–H groups in total. The number of ether oxygens (including phenoxy) is 1. The second-order valence-electron chi connectivity index (χ2n) is 8.31. The minimum Gasteiger partial charge on any atom is -0.461 e. The molecule has 1 aliphatic carbocycles. The molecule has 1 aromatic carbocycles. The zero-order chi connectivity index (χ0) is 20.3. The molecule has 0 saturated heterocycles. The fourth-order valence-corrected chi connectivity index (χ4v) is 4.71. The van der Waals surface area contributed by atoms with Crippen LogP contribution in [-0.4, -0.2) is 38.0 Å². The minimum absolute atomic E-state index is 0.0205. The molecule has 0 amide bonds. The largest absolute Gasteiger partial charge is 0.461 e. The number of rotatable bonds is 6.